The van der Waals surface area contributed by atoms with E-state index in [1.54, 1.807) is 35.7 Å². The first-order valence-electron chi connectivity index (χ1n) is 7.18. The van der Waals surface area contributed by atoms with Crippen molar-refractivity contribution >= 4 is 35.1 Å². The van der Waals surface area contributed by atoms with Crippen molar-refractivity contribution in [2.45, 2.75) is 17.7 Å². The van der Waals surface area contributed by atoms with Crippen molar-refractivity contribution < 1.29 is 19.1 Å². The topological polar surface area (TPSA) is 78.6 Å². The van der Waals surface area contributed by atoms with Crippen LogP contribution in [0, 0.1) is 0 Å². The Morgan fingerprint density at radius 3 is 2.61 bits per heavy atom. The van der Waals surface area contributed by atoms with E-state index in [0.29, 0.717) is 23.8 Å². The fourth-order valence-electron chi connectivity index (χ4n) is 1.91. The van der Waals surface area contributed by atoms with E-state index in [1.165, 1.54) is 11.8 Å². The summed E-state index contributed by atoms with van der Waals surface area (Å²) in [5.74, 6) is 0.473. The molecule has 5 nitrogen and oxygen atoms in total. The standard InChI is InChI=1S/C16H18ClNO4S/c17-7-1-8-21-12-4-2-11(3-5-12)14(19)10-22-16(20)15-13(18)6-9-23-15/h2-6,9,13,15H,1,7-8,10,18H2. The van der Waals surface area contributed by atoms with Gasteiger partial charge in [-0.1, -0.05) is 6.08 Å². The molecule has 1 aromatic carbocycles. The van der Waals surface area contributed by atoms with Gasteiger partial charge in [0.15, 0.2) is 12.4 Å². The maximum Gasteiger partial charge on any atom is 0.321 e. The maximum absolute atomic E-state index is 12.0. The smallest absolute Gasteiger partial charge is 0.321 e. The average molecular weight is 356 g/mol. The molecular formula is C16H18ClNO4S. The molecule has 0 aliphatic carbocycles. The Morgan fingerprint density at radius 2 is 2.00 bits per heavy atom. The molecule has 1 aromatic rings. The van der Waals surface area contributed by atoms with E-state index in [-0.39, 0.29) is 18.4 Å². The lowest BCUT2D eigenvalue weighted by atomic mass is 10.1. The number of nitrogens with two attached hydrogens (primary N) is 1. The SMILES string of the molecule is NC1C=CSC1C(=O)OCC(=O)c1ccc(OCCCCl)cc1. The largest absolute Gasteiger partial charge is 0.494 e. The van der Waals surface area contributed by atoms with E-state index in [1.807, 2.05) is 0 Å². The minimum absolute atomic E-state index is 0.268. The molecule has 0 spiro atoms. The first-order valence-corrected chi connectivity index (χ1v) is 8.66. The van der Waals surface area contributed by atoms with Crippen molar-refractivity contribution in [3.05, 3.63) is 41.3 Å². The molecule has 2 rings (SSSR count). The van der Waals surface area contributed by atoms with Crippen LogP contribution in [0.2, 0.25) is 0 Å². The molecule has 0 fully saturated rings. The lowest BCUT2D eigenvalue weighted by molar-refractivity contribution is -0.141. The van der Waals surface area contributed by atoms with Gasteiger partial charge < -0.3 is 15.2 Å². The molecule has 1 aliphatic heterocycles. The predicted octanol–water partition coefficient (Wildman–Crippen LogP) is 2.38. The van der Waals surface area contributed by atoms with Gasteiger partial charge in [-0.05, 0) is 36.1 Å². The van der Waals surface area contributed by atoms with Crippen LogP contribution in [-0.4, -0.2) is 42.1 Å². The molecule has 0 amide bonds. The fourth-order valence-corrected chi connectivity index (χ4v) is 2.91. The van der Waals surface area contributed by atoms with E-state index in [9.17, 15) is 9.59 Å². The number of ether oxygens (including phenoxy) is 2. The quantitative estimate of drug-likeness (QED) is 0.334. The first kappa shape index (κ1) is 17.8. The zero-order valence-corrected chi connectivity index (χ0v) is 14.0. The maximum atomic E-state index is 12.0. The van der Waals surface area contributed by atoms with Crippen LogP contribution >= 0.6 is 23.4 Å². The summed E-state index contributed by atoms with van der Waals surface area (Å²) in [5, 5.41) is 1.29. The van der Waals surface area contributed by atoms with Gasteiger partial charge in [-0.2, -0.15) is 0 Å². The summed E-state index contributed by atoms with van der Waals surface area (Å²) >= 11 is 6.87. The number of benzene rings is 1. The third-order valence-corrected chi connectivity index (χ3v) is 4.56. The van der Waals surface area contributed by atoms with Crippen LogP contribution in [0.5, 0.6) is 5.75 Å². The second kappa shape index (κ2) is 8.96. The van der Waals surface area contributed by atoms with Gasteiger partial charge in [0.25, 0.3) is 0 Å². The van der Waals surface area contributed by atoms with Crippen molar-refractivity contribution in [1.29, 1.82) is 0 Å². The highest BCUT2D eigenvalue weighted by atomic mass is 35.5. The van der Waals surface area contributed by atoms with Crippen LogP contribution in [0.15, 0.2) is 35.7 Å². The molecule has 23 heavy (non-hydrogen) atoms. The lowest BCUT2D eigenvalue weighted by Crippen LogP contribution is -2.35. The Bertz CT molecular complexity index is 576. The second-order valence-electron chi connectivity index (χ2n) is 4.91. The van der Waals surface area contributed by atoms with E-state index in [4.69, 9.17) is 26.8 Å². The number of carbonyl (C=O) groups excluding carboxylic acids is 2. The summed E-state index contributed by atoms with van der Waals surface area (Å²) in [5.41, 5.74) is 6.21. The summed E-state index contributed by atoms with van der Waals surface area (Å²) < 4.78 is 10.5. The van der Waals surface area contributed by atoms with Gasteiger partial charge in [0.05, 0.1) is 6.61 Å². The highest BCUT2D eigenvalue weighted by Crippen LogP contribution is 2.24. The van der Waals surface area contributed by atoms with Crippen molar-refractivity contribution in [2.75, 3.05) is 19.1 Å². The van der Waals surface area contributed by atoms with Crippen molar-refractivity contribution in [3.8, 4) is 5.75 Å². The van der Waals surface area contributed by atoms with Crippen molar-refractivity contribution in [1.82, 2.24) is 0 Å². The summed E-state index contributed by atoms with van der Waals surface area (Å²) in [6.45, 7) is 0.233. The number of carbonyl (C=O) groups is 2. The molecule has 1 heterocycles. The summed E-state index contributed by atoms with van der Waals surface area (Å²) in [6.07, 6.45) is 2.50. The fraction of sp³-hybridized carbons (Fsp3) is 0.375. The number of hydrogen-bond donors (Lipinski definition) is 1. The summed E-state index contributed by atoms with van der Waals surface area (Å²) in [6, 6.07) is 6.33. The molecule has 2 N–H and O–H groups in total. The Balaban J connectivity index is 1.80. The molecule has 1 aliphatic rings. The number of thioether (sulfide) groups is 1. The third-order valence-electron chi connectivity index (χ3n) is 3.18. The number of Topliss-reactive ketones (excluding diaryl/α,β-unsaturated/α-hetero) is 1. The Kier molecular flexibility index (Phi) is 6.95. The number of esters is 1. The van der Waals surface area contributed by atoms with Gasteiger partial charge in [0.2, 0.25) is 0 Å². The monoisotopic (exact) mass is 355 g/mol. The summed E-state index contributed by atoms with van der Waals surface area (Å²) in [4.78, 5) is 23.9. The van der Waals surface area contributed by atoms with Crippen LogP contribution in [0.4, 0.5) is 0 Å². The number of ketones is 1. The predicted molar refractivity (Wildman–Crippen MR) is 91.1 cm³/mol. The number of hydrogen-bond acceptors (Lipinski definition) is 6. The highest BCUT2D eigenvalue weighted by molar-refractivity contribution is 8.03. The Morgan fingerprint density at radius 1 is 1.26 bits per heavy atom. The molecular weight excluding hydrogens is 338 g/mol. The molecule has 0 saturated heterocycles. The number of alkyl halides is 1. The molecule has 7 heteroatoms. The number of rotatable bonds is 8. The molecule has 0 saturated carbocycles. The van der Waals surface area contributed by atoms with Gasteiger partial charge in [-0.3, -0.25) is 9.59 Å². The van der Waals surface area contributed by atoms with Crippen LogP contribution in [-0.2, 0) is 9.53 Å². The van der Waals surface area contributed by atoms with Crippen LogP contribution in [0.1, 0.15) is 16.8 Å². The van der Waals surface area contributed by atoms with Crippen molar-refractivity contribution in [2.24, 2.45) is 5.73 Å². The van der Waals surface area contributed by atoms with Gasteiger partial charge in [-0.15, -0.1) is 23.4 Å². The third kappa shape index (κ3) is 5.27. The normalized spacial score (nSPS) is 19.6. The zero-order valence-electron chi connectivity index (χ0n) is 12.4. The van der Waals surface area contributed by atoms with Crippen LogP contribution in [0.3, 0.4) is 0 Å². The zero-order chi connectivity index (χ0) is 16.7. The molecule has 0 bridgehead atoms. The highest BCUT2D eigenvalue weighted by Gasteiger charge is 2.29. The minimum atomic E-state index is -0.472. The van der Waals surface area contributed by atoms with Gasteiger partial charge >= 0.3 is 5.97 Å². The molecule has 2 atom stereocenters. The molecule has 124 valence electrons. The van der Waals surface area contributed by atoms with Crippen LogP contribution < -0.4 is 10.5 Å². The van der Waals surface area contributed by atoms with Gasteiger partial charge in [-0.25, -0.2) is 0 Å². The van der Waals surface area contributed by atoms with E-state index < -0.39 is 11.2 Å². The molecule has 0 aromatic heterocycles. The Labute approximate surface area is 144 Å². The van der Waals surface area contributed by atoms with E-state index in [0.717, 1.165) is 6.42 Å². The Hall–Kier alpha value is -1.50. The second-order valence-corrected chi connectivity index (χ2v) is 6.34. The van der Waals surface area contributed by atoms with Crippen LogP contribution in [0.25, 0.3) is 0 Å². The van der Waals surface area contributed by atoms with Gasteiger partial charge in [0, 0.05) is 17.5 Å². The molecule has 2 unspecified atom stereocenters. The lowest BCUT2D eigenvalue weighted by Gasteiger charge is -2.13. The average Bonchev–Trinajstić information content (AvgIpc) is 2.99. The molecule has 0 radical (unpaired) electrons. The van der Waals surface area contributed by atoms with Crippen molar-refractivity contribution in [3.63, 3.8) is 0 Å². The van der Waals surface area contributed by atoms with E-state index in [2.05, 4.69) is 0 Å². The first-order chi connectivity index (χ1) is 11.1. The minimum Gasteiger partial charge on any atom is -0.494 e. The van der Waals surface area contributed by atoms with E-state index >= 15 is 0 Å². The number of halogens is 1. The van der Waals surface area contributed by atoms with Gasteiger partial charge in [0.1, 0.15) is 11.0 Å². The summed E-state index contributed by atoms with van der Waals surface area (Å²) in [7, 11) is 0.